The van der Waals surface area contributed by atoms with E-state index in [2.05, 4.69) is 25.6 Å². The van der Waals surface area contributed by atoms with E-state index in [0.29, 0.717) is 33.9 Å². The normalized spacial score (nSPS) is 12.8. The predicted molar refractivity (Wildman–Crippen MR) is 144 cm³/mol. The second-order valence-electron chi connectivity index (χ2n) is 9.01. The highest BCUT2D eigenvalue weighted by atomic mass is 32.2. The third kappa shape index (κ3) is 7.37. The van der Waals surface area contributed by atoms with Gasteiger partial charge in [-0.2, -0.15) is 0 Å². The van der Waals surface area contributed by atoms with Crippen LogP contribution in [-0.2, 0) is 9.84 Å². The molecule has 36 heavy (non-hydrogen) atoms. The summed E-state index contributed by atoms with van der Waals surface area (Å²) in [5.74, 6) is 0.0965. The number of nitrogens with two attached hydrogens (primary N) is 2. The quantitative estimate of drug-likeness (QED) is 0.368. The minimum atomic E-state index is -3.32. The first-order valence-corrected chi connectivity index (χ1v) is 12.8. The van der Waals surface area contributed by atoms with E-state index in [-0.39, 0.29) is 16.4 Å². The van der Waals surface area contributed by atoms with E-state index in [1.54, 1.807) is 30.5 Å². The molecular formula is C25H29N7O3S. The van der Waals surface area contributed by atoms with Gasteiger partial charge in [0.05, 0.1) is 21.8 Å². The molecule has 0 radical (unpaired) electrons. The number of aliphatic imine (C=N–C) groups is 1. The largest absolute Gasteiger partial charge is 0.396 e. The van der Waals surface area contributed by atoms with Crippen LogP contribution in [0.2, 0.25) is 0 Å². The number of nitrogens with one attached hydrogen (secondary N) is 2. The van der Waals surface area contributed by atoms with Crippen molar-refractivity contribution in [2.24, 2.45) is 10.7 Å². The molecule has 0 saturated heterocycles. The molecule has 0 fully saturated rings. The van der Waals surface area contributed by atoms with Crippen molar-refractivity contribution < 1.29 is 13.2 Å². The van der Waals surface area contributed by atoms with Gasteiger partial charge in [-0.05, 0) is 68.8 Å². The fourth-order valence-electron chi connectivity index (χ4n) is 3.06. The van der Waals surface area contributed by atoms with E-state index in [4.69, 9.17) is 11.5 Å². The summed E-state index contributed by atoms with van der Waals surface area (Å²) in [6, 6.07) is 14.2. The molecule has 2 amide bonds. The van der Waals surface area contributed by atoms with Crippen molar-refractivity contribution >= 4 is 50.7 Å². The van der Waals surface area contributed by atoms with Crippen molar-refractivity contribution in [3.63, 3.8) is 0 Å². The van der Waals surface area contributed by atoms with Crippen LogP contribution < -0.4 is 22.1 Å². The lowest BCUT2D eigenvalue weighted by molar-refractivity contribution is 0.262. The highest BCUT2D eigenvalue weighted by molar-refractivity contribution is 7.90. The summed E-state index contributed by atoms with van der Waals surface area (Å²) in [6.07, 6.45) is 4.32. The number of hydrogen-bond donors (Lipinski definition) is 4. The van der Waals surface area contributed by atoms with Gasteiger partial charge in [0.2, 0.25) is 5.95 Å². The Bertz CT molecular complexity index is 1420. The lowest BCUT2D eigenvalue weighted by Crippen LogP contribution is -2.19. The Kier molecular flexibility index (Phi) is 7.74. The van der Waals surface area contributed by atoms with Crippen molar-refractivity contribution in [2.75, 3.05) is 22.6 Å². The van der Waals surface area contributed by atoms with Gasteiger partial charge in [0.15, 0.2) is 9.84 Å². The molecule has 0 bridgehead atoms. The van der Waals surface area contributed by atoms with Gasteiger partial charge in [0, 0.05) is 35.6 Å². The number of carbonyl (C=O) groups is 1. The minimum absolute atomic E-state index is 0.0965. The third-order valence-corrected chi connectivity index (χ3v) is 5.92. The number of hydrogen-bond acceptors (Lipinski definition) is 8. The number of nitrogen functional groups attached to an aromatic ring is 1. The average Bonchev–Trinajstić information content (AvgIpc) is 2.78. The second-order valence-corrected chi connectivity index (χ2v) is 11.0. The maximum atomic E-state index is 12.6. The van der Waals surface area contributed by atoms with E-state index in [1.807, 2.05) is 26.8 Å². The van der Waals surface area contributed by atoms with Gasteiger partial charge in [-0.1, -0.05) is 12.1 Å². The van der Waals surface area contributed by atoms with Crippen molar-refractivity contribution in [1.29, 1.82) is 0 Å². The van der Waals surface area contributed by atoms with E-state index in [9.17, 15) is 13.2 Å². The van der Waals surface area contributed by atoms with E-state index < -0.39 is 15.9 Å². The molecule has 3 aromatic rings. The van der Waals surface area contributed by atoms with Gasteiger partial charge >= 0.3 is 6.03 Å². The molecule has 0 aliphatic carbocycles. The molecule has 1 aromatic heterocycles. The van der Waals surface area contributed by atoms with Crippen molar-refractivity contribution in [3.05, 3.63) is 72.1 Å². The summed E-state index contributed by atoms with van der Waals surface area (Å²) >= 11 is 0. The zero-order valence-electron chi connectivity index (χ0n) is 20.5. The highest BCUT2D eigenvalue weighted by Crippen LogP contribution is 2.24. The smallest absolute Gasteiger partial charge is 0.323 e. The van der Waals surface area contributed by atoms with Crippen molar-refractivity contribution in [1.82, 2.24) is 9.97 Å². The molecule has 0 spiro atoms. The Morgan fingerprint density at radius 2 is 1.69 bits per heavy atom. The Labute approximate surface area is 210 Å². The first-order chi connectivity index (χ1) is 16.8. The Balaban J connectivity index is 1.88. The SMILES string of the molecule is CC(C)(C)N=CC(=C(N)c1ccnc(N)n1)c1cccc(NC(=O)Nc2ccc(S(C)(=O)=O)cc2)c1. The molecule has 1 heterocycles. The summed E-state index contributed by atoms with van der Waals surface area (Å²) in [6.45, 7) is 5.89. The van der Waals surface area contributed by atoms with E-state index in [0.717, 1.165) is 6.26 Å². The van der Waals surface area contributed by atoms with Crippen molar-refractivity contribution in [2.45, 2.75) is 31.2 Å². The number of urea groups is 1. The molecule has 10 nitrogen and oxygen atoms in total. The number of nitrogens with zero attached hydrogens (tertiary/aromatic N) is 3. The monoisotopic (exact) mass is 507 g/mol. The van der Waals surface area contributed by atoms with Crippen LogP contribution in [-0.4, -0.2) is 42.4 Å². The van der Waals surface area contributed by atoms with Crippen LogP contribution in [0.25, 0.3) is 11.3 Å². The van der Waals surface area contributed by atoms with Crippen LogP contribution in [0, 0.1) is 0 Å². The Hall–Kier alpha value is -4.25. The average molecular weight is 508 g/mol. The zero-order chi connectivity index (χ0) is 26.5. The molecular weight excluding hydrogens is 478 g/mol. The van der Waals surface area contributed by atoms with Crippen LogP contribution in [0.5, 0.6) is 0 Å². The molecule has 2 aromatic carbocycles. The lowest BCUT2D eigenvalue weighted by atomic mass is 10.0. The topological polar surface area (TPSA) is 165 Å². The standard InChI is InChI=1S/C25H29N7O3S/c1-25(2,3)29-15-20(22(26)21-12-13-28-23(27)32-21)16-6-5-7-18(14-16)31-24(33)30-17-8-10-19(11-9-17)36(4,34)35/h5-15H,26H2,1-4H3,(H2,27,28,32)(H2,30,31,33). The first kappa shape index (κ1) is 26.4. The van der Waals surface area contributed by atoms with Crippen LogP contribution in [0.4, 0.5) is 22.1 Å². The minimum Gasteiger partial charge on any atom is -0.396 e. The highest BCUT2D eigenvalue weighted by Gasteiger charge is 2.13. The Morgan fingerprint density at radius 3 is 2.31 bits per heavy atom. The van der Waals surface area contributed by atoms with Crippen molar-refractivity contribution in [3.8, 4) is 0 Å². The fraction of sp³-hybridized carbons (Fsp3) is 0.200. The predicted octanol–water partition coefficient (Wildman–Crippen LogP) is 3.80. The molecule has 0 atom stereocenters. The number of sulfone groups is 1. The van der Waals surface area contributed by atoms with Gasteiger partial charge in [0.25, 0.3) is 0 Å². The third-order valence-electron chi connectivity index (χ3n) is 4.79. The molecule has 0 saturated carbocycles. The number of allylic oxidation sites excluding steroid dienone is 1. The maximum absolute atomic E-state index is 12.6. The first-order valence-electron chi connectivity index (χ1n) is 10.9. The van der Waals surface area contributed by atoms with E-state index >= 15 is 0 Å². The molecule has 0 aliphatic heterocycles. The summed E-state index contributed by atoms with van der Waals surface area (Å²) in [5.41, 5.74) is 14.9. The number of carbonyl (C=O) groups excluding carboxylic acids is 1. The van der Waals surface area contributed by atoms with Crippen LogP contribution in [0.15, 0.2) is 70.7 Å². The summed E-state index contributed by atoms with van der Waals surface area (Å²) in [7, 11) is -3.32. The Morgan fingerprint density at radius 1 is 1.03 bits per heavy atom. The zero-order valence-corrected chi connectivity index (χ0v) is 21.3. The van der Waals surface area contributed by atoms with Gasteiger partial charge < -0.3 is 22.1 Å². The number of anilines is 3. The summed E-state index contributed by atoms with van der Waals surface area (Å²) < 4.78 is 23.2. The lowest BCUT2D eigenvalue weighted by Gasteiger charge is -2.15. The molecule has 11 heteroatoms. The van der Waals surface area contributed by atoms with Gasteiger partial charge in [-0.3, -0.25) is 4.99 Å². The van der Waals surface area contributed by atoms with E-state index in [1.165, 1.54) is 30.5 Å². The molecule has 188 valence electrons. The van der Waals surface area contributed by atoms with Gasteiger partial charge in [-0.25, -0.2) is 23.2 Å². The van der Waals surface area contributed by atoms with Gasteiger partial charge in [-0.15, -0.1) is 0 Å². The summed E-state index contributed by atoms with van der Waals surface area (Å²) in [4.78, 5) is 25.4. The number of benzene rings is 2. The second kappa shape index (κ2) is 10.6. The van der Waals surface area contributed by atoms with Crippen LogP contribution in [0.3, 0.4) is 0 Å². The van der Waals surface area contributed by atoms with Gasteiger partial charge in [0.1, 0.15) is 0 Å². The number of rotatable bonds is 6. The maximum Gasteiger partial charge on any atom is 0.323 e. The molecule has 0 unspecified atom stereocenters. The molecule has 0 aliphatic rings. The fourth-order valence-corrected chi connectivity index (χ4v) is 3.69. The van der Waals surface area contributed by atoms with Crippen LogP contribution >= 0.6 is 0 Å². The molecule has 6 N–H and O–H groups in total. The van der Waals surface area contributed by atoms with Crippen LogP contribution in [0.1, 0.15) is 32.0 Å². The summed E-state index contributed by atoms with van der Waals surface area (Å²) in [5, 5.41) is 5.45. The number of aromatic nitrogens is 2. The molecule has 3 rings (SSSR count). The number of amides is 2.